The summed E-state index contributed by atoms with van der Waals surface area (Å²) in [5, 5.41) is 3.63. The van der Waals surface area contributed by atoms with E-state index in [1.165, 1.54) is 38.9 Å². The highest BCUT2D eigenvalue weighted by Gasteiger charge is 2.51. The molecule has 1 spiro atoms. The van der Waals surface area contributed by atoms with Crippen LogP contribution in [-0.4, -0.2) is 11.7 Å². The van der Waals surface area contributed by atoms with Gasteiger partial charge in [0.25, 0.3) is 0 Å². The lowest BCUT2D eigenvalue weighted by atomic mass is 9.66. The van der Waals surface area contributed by atoms with Crippen LogP contribution < -0.4 is 10.1 Å². The number of nitrogens with one attached hydrogen (secondary N) is 1. The molecular formula is C52H35N3O. The summed E-state index contributed by atoms with van der Waals surface area (Å²) in [6, 6.07) is 70.9. The van der Waals surface area contributed by atoms with Crippen molar-refractivity contribution in [3.63, 3.8) is 0 Å². The highest BCUT2D eigenvalue weighted by Crippen LogP contribution is 2.62. The van der Waals surface area contributed by atoms with Crippen LogP contribution in [0.5, 0.6) is 11.5 Å². The van der Waals surface area contributed by atoms with E-state index in [1.807, 2.05) is 12.1 Å². The first kappa shape index (κ1) is 32.2. The van der Waals surface area contributed by atoms with Crippen molar-refractivity contribution in [2.24, 2.45) is 9.98 Å². The topological polar surface area (TPSA) is 46.0 Å². The van der Waals surface area contributed by atoms with Crippen LogP contribution in [0, 0.1) is 0 Å². The van der Waals surface area contributed by atoms with E-state index in [0.29, 0.717) is 5.84 Å². The van der Waals surface area contributed by atoms with Gasteiger partial charge in [-0.3, -0.25) is 0 Å². The van der Waals surface area contributed by atoms with Gasteiger partial charge in [-0.15, -0.1) is 0 Å². The molecule has 0 saturated carbocycles. The lowest BCUT2D eigenvalue weighted by molar-refractivity contribution is 0.436. The summed E-state index contributed by atoms with van der Waals surface area (Å²) >= 11 is 0. The number of rotatable bonds is 5. The van der Waals surface area contributed by atoms with E-state index in [2.05, 4.69) is 193 Å². The summed E-state index contributed by atoms with van der Waals surface area (Å²) in [5.74, 6) is 3.29. The zero-order valence-corrected chi connectivity index (χ0v) is 30.4. The summed E-state index contributed by atoms with van der Waals surface area (Å²) in [6.45, 7) is 0. The molecule has 264 valence electrons. The normalized spacial score (nSPS) is 15.6. The Morgan fingerprint density at radius 3 is 1.61 bits per heavy atom. The van der Waals surface area contributed by atoms with E-state index in [1.54, 1.807) is 0 Å². The molecule has 2 aliphatic heterocycles. The average Bonchev–Trinajstić information content (AvgIpc) is 3.57. The maximum Gasteiger partial charge on any atom is 0.159 e. The smallest absolute Gasteiger partial charge is 0.159 e. The third kappa shape index (κ3) is 5.07. The largest absolute Gasteiger partial charge is 0.457 e. The Balaban J connectivity index is 0.985. The maximum absolute atomic E-state index is 6.55. The molecular weight excluding hydrogens is 683 g/mol. The Morgan fingerprint density at radius 1 is 0.411 bits per heavy atom. The Bertz CT molecular complexity index is 2800. The zero-order valence-electron chi connectivity index (χ0n) is 30.4. The van der Waals surface area contributed by atoms with Crippen LogP contribution in [0.25, 0.3) is 33.4 Å². The number of nitrogens with zero attached hydrogens (tertiary/aromatic N) is 2. The van der Waals surface area contributed by atoms with Crippen molar-refractivity contribution in [2.45, 2.75) is 11.6 Å². The zero-order chi connectivity index (χ0) is 37.1. The number of hydrogen-bond acceptors (Lipinski definition) is 4. The van der Waals surface area contributed by atoms with E-state index in [4.69, 9.17) is 14.7 Å². The van der Waals surface area contributed by atoms with Gasteiger partial charge < -0.3 is 10.1 Å². The van der Waals surface area contributed by atoms with Gasteiger partial charge in [0, 0.05) is 22.3 Å². The highest BCUT2D eigenvalue weighted by molar-refractivity contribution is 6.13. The lowest BCUT2D eigenvalue weighted by Gasteiger charge is -2.39. The fraction of sp³-hybridized carbons (Fsp3) is 0.0385. The number of para-hydroxylation sites is 2. The number of fused-ring (bicyclic) bond motifs is 9. The molecule has 4 heteroatoms. The lowest BCUT2D eigenvalue weighted by Crippen LogP contribution is -2.33. The van der Waals surface area contributed by atoms with Crippen molar-refractivity contribution in [1.29, 1.82) is 0 Å². The first-order valence-electron chi connectivity index (χ1n) is 19.1. The summed E-state index contributed by atoms with van der Waals surface area (Å²) in [7, 11) is 0. The number of aliphatic imine (C=N–C) groups is 2. The van der Waals surface area contributed by atoms with Crippen molar-refractivity contribution in [1.82, 2.24) is 5.32 Å². The van der Waals surface area contributed by atoms with Gasteiger partial charge in [0.05, 0.1) is 5.41 Å². The van der Waals surface area contributed by atoms with Crippen LogP contribution in [-0.2, 0) is 5.41 Å². The minimum Gasteiger partial charge on any atom is -0.457 e. The molecule has 1 atom stereocenters. The Hall–Kier alpha value is -7.30. The number of hydrogen-bond donors (Lipinski definition) is 1. The third-order valence-corrected chi connectivity index (χ3v) is 11.4. The molecule has 1 aliphatic carbocycles. The molecule has 0 aromatic heterocycles. The summed E-state index contributed by atoms with van der Waals surface area (Å²) in [5.41, 5.74) is 14.6. The summed E-state index contributed by atoms with van der Waals surface area (Å²) in [6.07, 6.45) is -0.271. The molecule has 1 unspecified atom stereocenters. The van der Waals surface area contributed by atoms with Crippen LogP contribution in [0.4, 0.5) is 0 Å². The molecule has 0 saturated heterocycles. The van der Waals surface area contributed by atoms with Crippen LogP contribution in [0.1, 0.15) is 45.1 Å². The Kier molecular flexibility index (Phi) is 7.42. The van der Waals surface area contributed by atoms with Gasteiger partial charge in [0.1, 0.15) is 23.5 Å². The van der Waals surface area contributed by atoms with Gasteiger partial charge in [-0.25, -0.2) is 9.98 Å². The van der Waals surface area contributed by atoms with Crippen molar-refractivity contribution < 1.29 is 4.74 Å². The molecule has 0 fully saturated rings. The van der Waals surface area contributed by atoms with Crippen LogP contribution in [0.2, 0.25) is 0 Å². The fourth-order valence-electron chi connectivity index (χ4n) is 8.83. The second-order valence-corrected chi connectivity index (χ2v) is 14.5. The van der Waals surface area contributed by atoms with Crippen molar-refractivity contribution in [3.05, 3.63) is 239 Å². The van der Waals surface area contributed by atoms with Crippen molar-refractivity contribution >= 4 is 11.7 Å². The standard InChI is InChI=1S/C52H35N3O/c1-3-13-34(14-4-1)35-23-27-38(28-24-35)50-53-49(37-15-5-2-6-16-37)54-51(55-50)39-29-25-36(26-30-39)40-31-32-42-41-17-7-8-18-43(41)52(46(42)33-40)44-19-9-11-21-47(44)56-48-22-12-10-20-45(48)52/h1-33,49H,(H,53,54,55). The summed E-state index contributed by atoms with van der Waals surface area (Å²) < 4.78 is 6.55. The molecule has 56 heavy (non-hydrogen) atoms. The van der Waals surface area contributed by atoms with Gasteiger partial charge in [0.15, 0.2) is 5.84 Å². The number of ether oxygens (including phenoxy) is 1. The highest BCUT2D eigenvalue weighted by atomic mass is 16.5. The quantitative estimate of drug-likeness (QED) is 0.193. The van der Waals surface area contributed by atoms with E-state index in [9.17, 15) is 0 Å². The van der Waals surface area contributed by atoms with E-state index in [0.717, 1.165) is 50.7 Å². The second kappa shape index (κ2) is 12.9. The summed E-state index contributed by atoms with van der Waals surface area (Å²) in [4.78, 5) is 10.2. The molecule has 4 nitrogen and oxygen atoms in total. The molecule has 8 aromatic rings. The SMILES string of the molecule is c1ccc(-c2ccc(C3=NC(c4ccccc4)NC(c4ccc(-c5ccc6c(c5)C5(c7ccccc7Oc7ccccc75)c5ccccc5-6)cc4)=N3)cc2)cc1. The van der Waals surface area contributed by atoms with Crippen LogP contribution >= 0.6 is 0 Å². The minimum absolute atomic E-state index is 0.271. The molecule has 1 N–H and O–H groups in total. The second-order valence-electron chi connectivity index (χ2n) is 14.5. The number of amidine groups is 2. The average molecular weight is 718 g/mol. The van der Waals surface area contributed by atoms with Crippen LogP contribution in [0.15, 0.2) is 210 Å². The van der Waals surface area contributed by atoms with E-state index >= 15 is 0 Å². The molecule has 0 amide bonds. The molecule has 0 radical (unpaired) electrons. The monoisotopic (exact) mass is 717 g/mol. The molecule has 0 bridgehead atoms. The molecule has 11 rings (SSSR count). The van der Waals surface area contributed by atoms with Crippen molar-refractivity contribution in [2.75, 3.05) is 0 Å². The Morgan fingerprint density at radius 2 is 0.911 bits per heavy atom. The van der Waals surface area contributed by atoms with Gasteiger partial charge in [-0.2, -0.15) is 0 Å². The van der Waals surface area contributed by atoms with Gasteiger partial charge in [0.2, 0.25) is 0 Å². The van der Waals surface area contributed by atoms with Crippen molar-refractivity contribution in [3.8, 4) is 44.9 Å². The number of benzene rings is 8. The van der Waals surface area contributed by atoms with Gasteiger partial charge in [-0.05, 0) is 68.3 Å². The minimum atomic E-state index is -0.504. The Labute approximate surface area is 326 Å². The van der Waals surface area contributed by atoms with Crippen LogP contribution in [0.3, 0.4) is 0 Å². The first-order valence-corrected chi connectivity index (χ1v) is 19.1. The van der Waals surface area contributed by atoms with E-state index in [-0.39, 0.29) is 6.17 Å². The molecule has 3 aliphatic rings. The predicted octanol–water partition coefficient (Wildman–Crippen LogP) is 12.0. The molecule has 2 heterocycles. The first-order chi connectivity index (χ1) is 27.7. The maximum atomic E-state index is 6.55. The van der Waals surface area contributed by atoms with Gasteiger partial charge >= 0.3 is 0 Å². The fourth-order valence-corrected chi connectivity index (χ4v) is 8.83. The third-order valence-electron chi connectivity index (χ3n) is 11.4. The predicted molar refractivity (Wildman–Crippen MR) is 227 cm³/mol. The van der Waals surface area contributed by atoms with Gasteiger partial charge in [-0.1, -0.05) is 182 Å². The van der Waals surface area contributed by atoms with E-state index < -0.39 is 5.41 Å². The molecule has 8 aromatic carbocycles.